The summed E-state index contributed by atoms with van der Waals surface area (Å²) in [6.45, 7) is 13.0. The maximum Gasteiger partial charge on any atom is 0.250 e. The van der Waals surface area contributed by atoms with Gasteiger partial charge in [0.1, 0.15) is 11.9 Å². The van der Waals surface area contributed by atoms with Crippen molar-refractivity contribution < 1.29 is 13.9 Å². The molecule has 0 aliphatic carbocycles. The molecule has 24 heavy (non-hydrogen) atoms. The van der Waals surface area contributed by atoms with Gasteiger partial charge in [-0.25, -0.2) is 0 Å². The summed E-state index contributed by atoms with van der Waals surface area (Å²) >= 11 is 0. The van der Waals surface area contributed by atoms with E-state index in [1.54, 1.807) is 6.26 Å². The van der Waals surface area contributed by atoms with Crippen molar-refractivity contribution in [2.75, 3.05) is 39.3 Å². The number of nitrogens with one attached hydrogen (secondary N) is 1. The van der Waals surface area contributed by atoms with Gasteiger partial charge in [-0.1, -0.05) is 13.8 Å². The molecule has 1 amide bonds. The topological polar surface area (TPSA) is 58.0 Å². The van der Waals surface area contributed by atoms with Crippen molar-refractivity contribution in [1.29, 1.82) is 0 Å². The summed E-state index contributed by atoms with van der Waals surface area (Å²) < 4.78 is 11.2. The summed E-state index contributed by atoms with van der Waals surface area (Å²) in [4.78, 5) is 17.1. The first-order chi connectivity index (χ1) is 11.6. The highest BCUT2D eigenvalue weighted by Crippen LogP contribution is 2.20. The maximum absolute atomic E-state index is 12.5. The van der Waals surface area contributed by atoms with E-state index < -0.39 is 6.10 Å². The van der Waals surface area contributed by atoms with Gasteiger partial charge in [0.2, 0.25) is 0 Å². The largest absolute Gasteiger partial charge is 0.468 e. The number of hydrogen-bond acceptors (Lipinski definition) is 5. The van der Waals surface area contributed by atoms with Crippen molar-refractivity contribution in [3.63, 3.8) is 0 Å². The van der Waals surface area contributed by atoms with Gasteiger partial charge < -0.3 is 14.5 Å². The maximum atomic E-state index is 12.5. The summed E-state index contributed by atoms with van der Waals surface area (Å²) in [5.41, 5.74) is 0. The van der Waals surface area contributed by atoms with Gasteiger partial charge in [-0.05, 0) is 39.1 Å². The fraction of sp³-hybridized carbons (Fsp3) is 0.722. The molecule has 1 fully saturated rings. The van der Waals surface area contributed by atoms with E-state index in [4.69, 9.17) is 9.15 Å². The molecule has 2 atom stereocenters. The van der Waals surface area contributed by atoms with Gasteiger partial charge in [-0.2, -0.15) is 0 Å². The van der Waals surface area contributed by atoms with Gasteiger partial charge in [0.05, 0.1) is 18.9 Å². The van der Waals surface area contributed by atoms with Crippen LogP contribution in [0.4, 0.5) is 0 Å². The molecule has 0 aromatic carbocycles. The standard InChI is InChI=1S/C18H31N3O3/c1-5-20(6-2)15(16-8-7-10-23-16)12-19-18(22)17-13-21(14(3)4)9-11-24-17/h7-8,10,14-15,17H,5-6,9,11-13H2,1-4H3,(H,19,22)/t15-,17+/m0/s1. The first-order valence-electron chi connectivity index (χ1n) is 8.97. The molecule has 2 rings (SSSR count). The molecular weight excluding hydrogens is 306 g/mol. The monoisotopic (exact) mass is 337 g/mol. The van der Waals surface area contributed by atoms with E-state index in [2.05, 4.69) is 42.8 Å². The second-order valence-corrected chi connectivity index (χ2v) is 6.45. The van der Waals surface area contributed by atoms with E-state index in [9.17, 15) is 4.79 Å². The summed E-state index contributed by atoms with van der Waals surface area (Å²) in [5, 5.41) is 3.06. The Morgan fingerprint density at radius 2 is 2.17 bits per heavy atom. The smallest absolute Gasteiger partial charge is 0.250 e. The Labute approximate surface area is 145 Å². The van der Waals surface area contributed by atoms with Crippen LogP contribution in [0.3, 0.4) is 0 Å². The number of likely N-dealkylation sites (N-methyl/N-ethyl adjacent to an activating group) is 1. The lowest BCUT2D eigenvalue weighted by Crippen LogP contribution is -2.52. The second kappa shape index (κ2) is 9.20. The Morgan fingerprint density at radius 1 is 1.42 bits per heavy atom. The van der Waals surface area contributed by atoms with E-state index >= 15 is 0 Å². The molecule has 2 heterocycles. The molecule has 1 saturated heterocycles. The predicted octanol–water partition coefficient (Wildman–Crippen LogP) is 1.89. The Bertz CT molecular complexity index is 486. The lowest BCUT2D eigenvalue weighted by atomic mass is 10.1. The van der Waals surface area contributed by atoms with Crippen molar-refractivity contribution in [1.82, 2.24) is 15.1 Å². The number of nitrogens with zero attached hydrogens (tertiary/aromatic N) is 2. The van der Waals surface area contributed by atoms with Crippen LogP contribution >= 0.6 is 0 Å². The Kier molecular flexibility index (Phi) is 7.27. The third-order valence-corrected chi connectivity index (χ3v) is 4.71. The number of morpholine rings is 1. The predicted molar refractivity (Wildman–Crippen MR) is 93.8 cm³/mol. The second-order valence-electron chi connectivity index (χ2n) is 6.45. The minimum Gasteiger partial charge on any atom is -0.468 e. The van der Waals surface area contributed by atoms with Crippen molar-refractivity contribution in [3.05, 3.63) is 24.2 Å². The lowest BCUT2D eigenvalue weighted by molar-refractivity contribution is -0.139. The van der Waals surface area contributed by atoms with E-state index in [0.29, 0.717) is 25.7 Å². The minimum absolute atomic E-state index is 0.0379. The zero-order valence-corrected chi connectivity index (χ0v) is 15.3. The zero-order chi connectivity index (χ0) is 17.5. The highest BCUT2D eigenvalue weighted by atomic mass is 16.5. The first-order valence-corrected chi connectivity index (χ1v) is 8.97. The van der Waals surface area contributed by atoms with Crippen LogP contribution < -0.4 is 5.32 Å². The third kappa shape index (κ3) is 4.82. The fourth-order valence-corrected chi connectivity index (χ4v) is 3.16. The Morgan fingerprint density at radius 3 is 2.75 bits per heavy atom. The minimum atomic E-state index is -0.393. The molecule has 0 unspecified atom stereocenters. The van der Waals surface area contributed by atoms with Crippen LogP contribution in [0.15, 0.2) is 22.8 Å². The highest BCUT2D eigenvalue weighted by molar-refractivity contribution is 5.81. The van der Waals surface area contributed by atoms with Crippen molar-refractivity contribution in [2.24, 2.45) is 0 Å². The van der Waals surface area contributed by atoms with E-state index in [1.807, 2.05) is 12.1 Å². The van der Waals surface area contributed by atoms with Crippen LogP contribution in [0.25, 0.3) is 0 Å². The van der Waals surface area contributed by atoms with Gasteiger partial charge >= 0.3 is 0 Å². The first kappa shape index (κ1) is 19.0. The van der Waals surface area contributed by atoms with Crippen LogP contribution in [0, 0.1) is 0 Å². The van der Waals surface area contributed by atoms with Crippen molar-refractivity contribution >= 4 is 5.91 Å². The molecule has 0 radical (unpaired) electrons. The summed E-state index contributed by atoms with van der Waals surface area (Å²) in [6, 6.07) is 4.32. The van der Waals surface area contributed by atoms with Gasteiger partial charge in [-0.3, -0.25) is 14.6 Å². The molecule has 0 spiro atoms. The molecular formula is C18H31N3O3. The third-order valence-electron chi connectivity index (χ3n) is 4.71. The Hall–Kier alpha value is -1.37. The SMILES string of the molecule is CCN(CC)[C@@H](CNC(=O)[C@H]1CN(C(C)C)CCO1)c1ccco1. The summed E-state index contributed by atoms with van der Waals surface area (Å²) in [5.74, 6) is 0.844. The highest BCUT2D eigenvalue weighted by Gasteiger charge is 2.29. The average Bonchev–Trinajstić information content (AvgIpc) is 3.12. The molecule has 1 N–H and O–H groups in total. The van der Waals surface area contributed by atoms with E-state index in [1.165, 1.54) is 0 Å². The molecule has 1 aromatic heterocycles. The van der Waals surface area contributed by atoms with Crippen molar-refractivity contribution in [3.8, 4) is 0 Å². The molecule has 0 saturated carbocycles. The van der Waals surface area contributed by atoms with Crippen molar-refractivity contribution in [2.45, 2.75) is 45.9 Å². The lowest BCUT2D eigenvalue weighted by Gasteiger charge is -2.35. The van der Waals surface area contributed by atoms with Crippen LogP contribution in [0.5, 0.6) is 0 Å². The number of ether oxygens (including phenoxy) is 1. The molecule has 6 nitrogen and oxygen atoms in total. The van der Waals surface area contributed by atoms with E-state index in [-0.39, 0.29) is 11.9 Å². The summed E-state index contributed by atoms with van der Waals surface area (Å²) in [6.07, 6.45) is 1.29. The summed E-state index contributed by atoms with van der Waals surface area (Å²) in [7, 11) is 0. The molecule has 136 valence electrons. The number of carbonyl (C=O) groups excluding carboxylic acids is 1. The number of hydrogen-bond donors (Lipinski definition) is 1. The molecule has 1 aromatic rings. The zero-order valence-electron chi connectivity index (χ0n) is 15.3. The average molecular weight is 337 g/mol. The number of furan rings is 1. The van der Waals surface area contributed by atoms with Gasteiger partial charge in [0.15, 0.2) is 0 Å². The quantitative estimate of drug-likeness (QED) is 0.785. The number of carbonyl (C=O) groups is 1. The van der Waals surface area contributed by atoms with E-state index in [0.717, 1.165) is 25.4 Å². The van der Waals surface area contributed by atoms with Crippen LogP contribution in [0.1, 0.15) is 39.5 Å². The fourth-order valence-electron chi connectivity index (χ4n) is 3.16. The molecule has 0 bridgehead atoms. The normalized spacial score (nSPS) is 20.5. The number of rotatable bonds is 8. The molecule has 1 aliphatic rings. The van der Waals surface area contributed by atoms with Gasteiger partial charge in [0.25, 0.3) is 5.91 Å². The van der Waals surface area contributed by atoms with Gasteiger partial charge in [-0.15, -0.1) is 0 Å². The Balaban J connectivity index is 1.94. The van der Waals surface area contributed by atoms with Gasteiger partial charge in [0, 0.05) is 25.7 Å². The van der Waals surface area contributed by atoms with Crippen LogP contribution in [-0.2, 0) is 9.53 Å². The molecule has 1 aliphatic heterocycles. The molecule has 6 heteroatoms. The number of amides is 1. The van der Waals surface area contributed by atoms with Crippen LogP contribution in [-0.4, -0.2) is 67.2 Å². The van der Waals surface area contributed by atoms with Crippen LogP contribution in [0.2, 0.25) is 0 Å².